The molecule has 8 heteroatoms. The zero-order valence-corrected chi connectivity index (χ0v) is 17.5. The van der Waals surface area contributed by atoms with Gasteiger partial charge in [0.1, 0.15) is 0 Å². The van der Waals surface area contributed by atoms with Gasteiger partial charge in [0.15, 0.2) is 0 Å². The molecular formula is C22H27N5O3. The number of nitrogens with zero attached hydrogens (tertiary/aromatic N) is 3. The van der Waals surface area contributed by atoms with Crippen LogP contribution in [0.15, 0.2) is 42.7 Å². The molecule has 1 fully saturated rings. The quantitative estimate of drug-likeness (QED) is 0.728. The number of rotatable bonds is 7. The summed E-state index contributed by atoms with van der Waals surface area (Å²) < 4.78 is 0. The summed E-state index contributed by atoms with van der Waals surface area (Å²) in [6.45, 7) is 2.98. The molecule has 1 atom stereocenters. The maximum atomic E-state index is 12.7. The van der Waals surface area contributed by atoms with Gasteiger partial charge in [0.05, 0.1) is 12.5 Å². The summed E-state index contributed by atoms with van der Waals surface area (Å²) >= 11 is 0. The van der Waals surface area contributed by atoms with Gasteiger partial charge in [0, 0.05) is 43.3 Å². The predicted octanol–water partition coefficient (Wildman–Crippen LogP) is 1.88. The summed E-state index contributed by atoms with van der Waals surface area (Å²) in [5.74, 6) is -0.785. The van der Waals surface area contributed by atoms with Crippen LogP contribution >= 0.6 is 0 Å². The molecule has 158 valence electrons. The Labute approximate surface area is 176 Å². The van der Waals surface area contributed by atoms with Gasteiger partial charge >= 0.3 is 0 Å². The van der Waals surface area contributed by atoms with E-state index in [2.05, 4.69) is 15.6 Å². The normalized spacial score (nSPS) is 16.1. The number of hydrogen-bond acceptors (Lipinski definition) is 5. The standard InChI is InChI=1S/C22H27N5O3/c1-15-6-7-18(10-19(15)25-20(28)14-26(2)3)24-22(30)17-9-21(29)27(13-17)12-16-5-4-8-23-11-16/h4-8,10-11,17H,9,12-14H2,1-3H3,(H,24,30)(H,25,28). The summed E-state index contributed by atoms with van der Waals surface area (Å²) in [5, 5.41) is 5.74. The van der Waals surface area contributed by atoms with Crippen LogP contribution in [0.3, 0.4) is 0 Å². The van der Waals surface area contributed by atoms with Crippen molar-refractivity contribution in [3.05, 3.63) is 53.9 Å². The zero-order chi connectivity index (χ0) is 21.7. The molecule has 1 saturated heterocycles. The molecule has 1 aromatic carbocycles. The summed E-state index contributed by atoms with van der Waals surface area (Å²) in [4.78, 5) is 44.6. The smallest absolute Gasteiger partial charge is 0.238 e. The SMILES string of the molecule is Cc1ccc(NC(=O)C2CC(=O)N(Cc3cccnc3)C2)cc1NC(=O)CN(C)C. The number of hydrogen-bond donors (Lipinski definition) is 2. The third kappa shape index (κ3) is 5.64. The highest BCUT2D eigenvalue weighted by Crippen LogP contribution is 2.24. The highest BCUT2D eigenvalue weighted by molar-refractivity contribution is 5.98. The number of likely N-dealkylation sites (N-methyl/N-ethyl adjacent to an activating group) is 1. The Kier molecular flexibility index (Phi) is 6.79. The van der Waals surface area contributed by atoms with Crippen molar-refractivity contribution in [3.63, 3.8) is 0 Å². The van der Waals surface area contributed by atoms with Crippen LogP contribution in [0.25, 0.3) is 0 Å². The Morgan fingerprint density at radius 1 is 1.23 bits per heavy atom. The molecule has 1 aliphatic rings. The summed E-state index contributed by atoms with van der Waals surface area (Å²) in [6, 6.07) is 9.11. The molecule has 30 heavy (non-hydrogen) atoms. The monoisotopic (exact) mass is 409 g/mol. The average molecular weight is 409 g/mol. The first-order valence-corrected chi connectivity index (χ1v) is 9.84. The highest BCUT2D eigenvalue weighted by Gasteiger charge is 2.34. The molecule has 1 aromatic heterocycles. The number of likely N-dealkylation sites (tertiary alicyclic amines) is 1. The minimum atomic E-state index is -0.415. The molecule has 0 spiro atoms. The number of anilines is 2. The van der Waals surface area contributed by atoms with Gasteiger partial charge in [-0.3, -0.25) is 19.4 Å². The summed E-state index contributed by atoms with van der Waals surface area (Å²) in [7, 11) is 3.65. The van der Waals surface area contributed by atoms with Crippen molar-refractivity contribution in [1.82, 2.24) is 14.8 Å². The Morgan fingerprint density at radius 2 is 2.03 bits per heavy atom. The van der Waals surface area contributed by atoms with Gasteiger partial charge in [0.25, 0.3) is 0 Å². The van der Waals surface area contributed by atoms with Crippen LogP contribution in [0.5, 0.6) is 0 Å². The molecule has 2 heterocycles. The number of pyridine rings is 1. The van der Waals surface area contributed by atoms with E-state index in [0.717, 1.165) is 11.1 Å². The van der Waals surface area contributed by atoms with Gasteiger partial charge in [-0.2, -0.15) is 0 Å². The third-order valence-electron chi connectivity index (χ3n) is 4.92. The second kappa shape index (κ2) is 9.49. The Hall–Kier alpha value is -3.26. The number of aryl methyl sites for hydroxylation is 1. The number of aromatic nitrogens is 1. The van der Waals surface area contributed by atoms with Crippen molar-refractivity contribution in [2.75, 3.05) is 37.8 Å². The number of carbonyl (C=O) groups is 3. The lowest BCUT2D eigenvalue weighted by Crippen LogP contribution is -2.28. The van der Waals surface area contributed by atoms with Crippen molar-refractivity contribution < 1.29 is 14.4 Å². The lowest BCUT2D eigenvalue weighted by atomic mass is 10.1. The minimum Gasteiger partial charge on any atom is -0.337 e. The lowest BCUT2D eigenvalue weighted by molar-refractivity contribution is -0.128. The average Bonchev–Trinajstić information content (AvgIpc) is 3.05. The maximum Gasteiger partial charge on any atom is 0.238 e. The second-order valence-corrected chi connectivity index (χ2v) is 7.84. The molecule has 1 aliphatic heterocycles. The van der Waals surface area contributed by atoms with E-state index in [1.807, 2.05) is 39.2 Å². The fraction of sp³-hybridized carbons (Fsp3) is 0.364. The van der Waals surface area contributed by atoms with Crippen molar-refractivity contribution in [3.8, 4) is 0 Å². The second-order valence-electron chi connectivity index (χ2n) is 7.84. The molecule has 3 rings (SSSR count). The van der Waals surface area contributed by atoms with E-state index in [0.29, 0.717) is 24.5 Å². The Bertz CT molecular complexity index is 930. The van der Waals surface area contributed by atoms with Crippen molar-refractivity contribution in [1.29, 1.82) is 0 Å². The minimum absolute atomic E-state index is 0.0421. The van der Waals surface area contributed by atoms with Gasteiger partial charge in [-0.25, -0.2) is 0 Å². The molecule has 2 aromatic rings. The highest BCUT2D eigenvalue weighted by atomic mass is 16.2. The molecule has 2 N–H and O–H groups in total. The Balaban J connectivity index is 1.61. The van der Waals surface area contributed by atoms with E-state index >= 15 is 0 Å². The first-order chi connectivity index (χ1) is 14.3. The number of carbonyl (C=O) groups excluding carboxylic acids is 3. The van der Waals surface area contributed by atoms with Gasteiger partial charge in [-0.1, -0.05) is 12.1 Å². The van der Waals surface area contributed by atoms with Crippen LogP contribution in [0.4, 0.5) is 11.4 Å². The molecule has 0 aliphatic carbocycles. The molecule has 1 unspecified atom stereocenters. The topological polar surface area (TPSA) is 94.6 Å². The molecule has 3 amide bonds. The van der Waals surface area contributed by atoms with Gasteiger partial charge in [0.2, 0.25) is 17.7 Å². The van der Waals surface area contributed by atoms with Gasteiger partial charge in [-0.05, 0) is 50.3 Å². The fourth-order valence-corrected chi connectivity index (χ4v) is 3.37. The van der Waals surface area contributed by atoms with Crippen molar-refractivity contribution >= 4 is 29.1 Å². The van der Waals surface area contributed by atoms with Crippen LogP contribution in [-0.2, 0) is 20.9 Å². The number of nitrogens with one attached hydrogen (secondary N) is 2. The molecular weight excluding hydrogens is 382 g/mol. The predicted molar refractivity (Wildman–Crippen MR) is 115 cm³/mol. The summed E-state index contributed by atoms with van der Waals surface area (Å²) in [6.07, 6.45) is 3.59. The van der Waals surface area contributed by atoms with Crippen molar-refractivity contribution in [2.24, 2.45) is 5.92 Å². The van der Waals surface area contributed by atoms with Crippen LogP contribution in [0.2, 0.25) is 0 Å². The summed E-state index contributed by atoms with van der Waals surface area (Å²) in [5.41, 5.74) is 3.08. The molecule has 8 nitrogen and oxygen atoms in total. The van der Waals surface area contributed by atoms with Crippen LogP contribution in [0.1, 0.15) is 17.5 Å². The number of amides is 3. The first-order valence-electron chi connectivity index (χ1n) is 9.84. The fourth-order valence-electron chi connectivity index (χ4n) is 3.37. The van der Waals surface area contributed by atoms with E-state index in [1.165, 1.54) is 0 Å². The molecule has 0 radical (unpaired) electrons. The van der Waals surface area contributed by atoms with E-state index in [1.54, 1.807) is 34.3 Å². The van der Waals surface area contributed by atoms with Gasteiger partial charge in [-0.15, -0.1) is 0 Å². The maximum absolute atomic E-state index is 12.7. The molecule has 0 saturated carbocycles. The first kappa shape index (κ1) is 21.4. The van der Waals surface area contributed by atoms with Crippen LogP contribution in [0, 0.1) is 12.8 Å². The van der Waals surface area contributed by atoms with Crippen LogP contribution in [-0.4, -0.2) is 59.7 Å². The van der Waals surface area contributed by atoms with Gasteiger partial charge < -0.3 is 20.4 Å². The van der Waals surface area contributed by atoms with E-state index in [9.17, 15) is 14.4 Å². The zero-order valence-electron chi connectivity index (χ0n) is 17.5. The molecule has 0 bridgehead atoms. The largest absolute Gasteiger partial charge is 0.337 e. The van der Waals surface area contributed by atoms with E-state index < -0.39 is 5.92 Å². The van der Waals surface area contributed by atoms with E-state index in [-0.39, 0.29) is 30.7 Å². The number of benzene rings is 1. The Morgan fingerprint density at radius 3 is 2.73 bits per heavy atom. The lowest BCUT2D eigenvalue weighted by Gasteiger charge is -2.17. The van der Waals surface area contributed by atoms with Crippen LogP contribution < -0.4 is 10.6 Å². The van der Waals surface area contributed by atoms with E-state index in [4.69, 9.17) is 0 Å². The third-order valence-corrected chi connectivity index (χ3v) is 4.92. The van der Waals surface area contributed by atoms with Crippen molar-refractivity contribution in [2.45, 2.75) is 19.9 Å².